The Kier molecular flexibility index (Phi) is 4.90. The highest BCUT2D eigenvalue weighted by molar-refractivity contribution is 7.10. The van der Waals surface area contributed by atoms with Crippen LogP contribution < -0.4 is 10.6 Å². The van der Waals surface area contributed by atoms with Crippen molar-refractivity contribution in [1.29, 1.82) is 0 Å². The molecule has 1 atom stereocenters. The number of hydrogen-bond donors (Lipinski definition) is 2. The van der Waals surface area contributed by atoms with E-state index in [-0.39, 0.29) is 29.9 Å². The van der Waals surface area contributed by atoms with Crippen molar-refractivity contribution in [1.82, 2.24) is 15.5 Å². The van der Waals surface area contributed by atoms with E-state index in [1.54, 1.807) is 18.4 Å². The first kappa shape index (κ1) is 16.3. The van der Waals surface area contributed by atoms with Gasteiger partial charge in [-0.25, -0.2) is 4.79 Å². The molecule has 0 saturated heterocycles. The van der Waals surface area contributed by atoms with Crippen LogP contribution in [0.25, 0.3) is 0 Å². The molecule has 1 aromatic heterocycles. The van der Waals surface area contributed by atoms with E-state index in [4.69, 9.17) is 0 Å². The van der Waals surface area contributed by atoms with Crippen LogP contribution in [0.2, 0.25) is 0 Å². The highest BCUT2D eigenvalue weighted by Gasteiger charge is 2.31. The van der Waals surface area contributed by atoms with Gasteiger partial charge >= 0.3 is 6.03 Å². The number of fused-ring (bicyclic) bond motifs is 1. The lowest BCUT2D eigenvalue weighted by Gasteiger charge is -2.36. The van der Waals surface area contributed by atoms with E-state index in [1.807, 2.05) is 4.90 Å². The van der Waals surface area contributed by atoms with Gasteiger partial charge in [-0.2, -0.15) is 0 Å². The number of nitrogens with zero attached hydrogens (tertiary/aromatic N) is 1. The van der Waals surface area contributed by atoms with Crippen molar-refractivity contribution in [2.45, 2.75) is 51.1 Å². The van der Waals surface area contributed by atoms with Gasteiger partial charge in [-0.15, -0.1) is 11.3 Å². The molecule has 1 unspecified atom stereocenters. The van der Waals surface area contributed by atoms with Crippen LogP contribution in [0, 0.1) is 5.92 Å². The average molecular weight is 335 g/mol. The number of urea groups is 1. The predicted molar refractivity (Wildman–Crippen MR) is 91.5 cm³/mol. The van der Waals surface area contributed by atoms with E-state index < -0.39 is 0 Å². The van der Waals surface area contributed by atoms with Crippen molar-refractivity contribution in [2.24, 2.45) is 5.92 Å². The summed E-state index contributed by atoms with van der Waals surface area (Å²) in [6.45, 7) is 2.89. The summed E-state index contributed by atoms with van der Waals surface area (Å²) in [4.78, 5) is 27.6. The summed E-state index contributed by atoms with van der Waals surface area (Å²) in [7, 11) is 1.69. The summed E-state index contributed by atoms with van der Waals surface area (Å²) < 4.78 is 0. The number of amides is 3. The van der Waals surface area contributed by atoms with Crippen LogP contribution in [0.15, 0.2) is 11.4 Å². The molecule has 2 N–H and O–H groups in total. The van der Waals surface area contributed by atoms with E-state index in [2.05, 4.69) is 29.0 Å². The number of rotatable bonds is 2. The first-order valence-electron chi connectivity index (χ1n) is 8.45. The Morgan fingerprint density at radius 2 is 2.00 bits per heavy atom. The maximum Gasteiger partial charge on any atom is 0.318 e. The van der Waals surface area contributed by atoms with E-state index in [0.717, 1.165) is 38.6 Å². The van der Waals surface area contributed by atoms with Crippen LogP contribution in [0.1, 0.15) is 49.1 Å². The molecule has 2 aliphatic rings. The van der Waals surface area contributed by atoms with Crippen LogP contribution in [0.4, 0.5) is 4.79 Å². The molecule has 0 aromatic carbocycles. The number of carbonyl (C=O) groups is 2. The van der Waals surface area contributed by atoms with Crippen molar-refractivity contribution in [3.63, 3.8) is 0 Å². The molecule has 2 heterocycles. The maximum atomic E-state index is 12.6. The molecule has 0 bridgehead atoms. The third kappa shape index (κ3) is 3.37. The Morgan fingerprint density at radius 3 is 2.70 bits per heavy atom. The largest absolute Gasteiger partial charge is 0.359 e. The second kappa shape index (κ2) is 6.91. The smallest absolute Gasteiger partial charge is 0.318 e. The second-order valence-electron chi connectivity index (χ2n) is 6.53. The number of carbonyl (C=O) groups excluding carboxylic acids is 2. The topological polar surface area (TPSA) is 61.4 Å². The van der Waals surface area contributed by atoms with Crippen molar-refractivity contribution in [3.05, 3.63) is 21.9 Å². The van der Waals surface area contributed by atoms with Gasteiger partial charge in [0, 0.05) is 30.4 Å². The first-order valence-corrected chi connectivity index (χ1v) is 9.33. The molecule has 1 fully saturated rings. The minimum Gasteiger partial charge on any atom is -0.359 e. The Balaban J connectivity index is 1.54. The van der Waals surface area contributed by atoms with Crippen molar-refractivity contribution in [2.75, 3.05) is 13.6 Å². The highest BCUT2D eigenvalue weighted by atomic mass is 32.1. The first-order chi connectivity index (χ1) is 11.1. The second-order valence-corrected chi connectivity index (χ2v) is 7.53. The molecular weight excluding hydrogens is 310 g/mol. The molecule has 1 aliphatic heterocycles. The standard InChI is InChI=1S/C17H25N3O2S/c1-11-14-8-10-23-15(14)7-9-20(11)17(22)19-13-5-3-12(4-6-13)16(21)18-2/h8,10-13H,3-7,9H2,1-2H3,(H,18,21)(H,19,22). The normalized spacial score (nSPS) is 27.2. The quantitative estimate of drug-likeness (QED) is 0.873. The molecule has 5 nitrogen and oxygen atoms in total. The molecule has 3 amide bonds. The molecule has 3 rings (SSSR count). The Hall–Kier alpha value is -1.56. The van der Waals surface area contributed by atoms with Crippen LogP contribution in [0.5, 0.6) is 0 Å². The van der Waals surface area contributed by atoms with E-state index >= 15 is 0 Å². The van der Waals surface area contributed by atoms with Crippen LogP contribution in [-0.2, 0) is 11.2 Å². The Morgan fingerprint density at radius 1 is 1.26 bits per heavy atom. The fraction of sp³-hybridized carbons (Fsp3) is 0.647. The fourth-order valence-electron chi connectivity index (χ4n) is 3.75. The van der Waals surface area contributed by atoms with Gasteiger partial charge in [0.1, 0.15) is 0 Å². The lowest BCUT2D eigenvalue weighted by Crippen LogP contribution is -2.49. The molecule has 6 heteroatoms. The van der Waals surface area contributed by atoms with Crippen molar-refractivity contribution in [3.8, 4) is 0 Å². The zero-order valence-corrected chi connectivity index (χ0v) is 14.6. The Labute approximate surface area is 141 Å². The molecule has 126 valence electrons. The SMILES string of the molecule is CNC(=O)C1CCC(NC(=O)N2CCc3sccc3C2C)CC1. The molecule has 1 aliphatic carbocycles. The predicted octanol–water partition coefficient (Wildman–Crippen LogP) is 2.68. The molecule has 23 heavy (non-hydrogen) atoms. The summed E-state index contributed by atoms with van der Waals surface area (Å²) in [6, 6.07) is 2.52. The lowest BCUT2D eigenvalue weighted by molar-refractivity contribution is -0.125. The van der Waals surface area contributed by atoms with Gasteiger partial charge in [0.05, 0.1) is 6.04 Å². The van der Waals surface area contributed by atoms with Crippen molar-refractivity contribution < 1.29 is 9.59 Å². The summed E-state index contributed by atoms with van der Waals surface area (Å²) in [5, 5.41) is 8.01. The van der Waals surface area contributed by atoms with Crippen molar-refractivity contribution >= 4 is 23.3 Å². The van der Waals surface area contributed by atoms with Gasteiger partial charge in [0.2, 0.25) is 5.91 Å². The van der Waals surface area contributed by atoms with E-state index in [1.165, 1.54) is 10.4 Å². The van der Waals surface area contributed by atoms with Gasteiger partial charge in [-0.3, -0.25) is 4.79 Å². The van der Waals surface area contributed by atoms with E-state index in [0.29, 0.717) is 0 Å². The Bertz CT molecular complexity index is 578. The van der Waals surface area contributed by atoms with Crippen LogP contribution >= 0.6 is 11.3 Å². The monoisotopic (exact) mass is 335 g/mol. The van der Waals surface area contributed by atoms with Gasteiger partial charge < -0.3 is 15.5 Å². The van der Waals surface area contributed by atoms with Gasteiger partial charge in [0.15, 0.2) is 0 Å². The summed E-state index contributed by atoms with van der Waals surface area (Å²) in [5.74, 6) is 0.236. The number of thiophene rings is 1. The summed E-state index contributed by atoms with van der Waals surface area (Å²) in [6.07, 6.45) is 4.43. The molecular formula is C17H25N3O2S. The number of nitrogens with one attached hydrogen (secondary N) is 2. The molecule has 1 aromatic rings. The summed E-state index contributed by atoms with van der Waals surface area (Å²) in [5.41, 5.74) is 1.29. The highest BCUT2D eigenvalue weighted by Crippen LogP contribution is 2.33. The van der Waals surface area contributed by atoms with Crippen LogP contribution in [-0.4, -0.2) is 36.5 Å². The zero-order valence-electron chi connectivity index (χ0n) is 13.8. The zero-order chi connectivity index (χ0) is 16.4. The third-order valence-electron chi connectivity index (χ3n) is 5.21. The molecule has 0 radical (unpaired) electrons. The number of hydrogen-bond acceptors (Lipinski definition) is 3. The fourth-order valence-corrected chi connectivity index (χ4v) is 4.71. The minimum absolute atomic E-state index is 0.0396. The lowest BCUT2D eigenvalue weighted by atomic mass is 9.85. The minimum atomic E-state index is 0.0396. The maximum absolute atomic E-state index is 12.6. The average Bonchev–Trinajstić information content (AvgIpc) is 3.04. The van der Waals surface area contributed by atoms with Crippen LogP contribution in [0.3, 0.4) is 0 Å². The molecule has 0 spiro atoms. The third-order valence-corrected chi connectivity index (χ3v) is 6.21. The van der Waals surface area contributed by atoms with E-state index in [9.17, 15) is 9.59 Å². The van der Waals surface area contributed by atoms with Gasteiger partial charge in [-0.05, 0) is 56.0 Å². The molecule has 1 saturated carbocycles. The summed E-state index contributed by atoms with van der Waals surface area (Å²) >= 11 is 1.79. The van der Waals surface area contributed by atoms with Gasteiger partial charge in [-0.1, -0.05) is 0 Å². The van der Waals surface area contributed by atoms with Gasteiger partial charge in [0.25, 0.3) is 0 Å².